The van der Waals surface area contributed by atoms with Crippen LogP contribution in [0, 0.1) is 0 Å². The Morgan fingerprint density at radius 3 is 2.50 bits per heavy atom. The molecule has 4 aromatic rings. The number of ether oxygens (including phenoxy) is 5. The summed E-state index contributed by atoms with van der Waals surface area (Å²) < 4.78 is 29.0. The first-order chi connectivity index (χ1) is 20.4. The molecule has 1 atom stereocenters. The maximum Gasteiger partial charge on any atom is 0.301 e. The Balaban J connectivity index is 1.54. The minimum Gasteiger partial charge on any atom is -0.507 e. The molecule has 10 nitrogen and oxygen atoms in total. The predicted octanol–water partition coefficient (Wildman–Crippen LogP) is 5.50. The number of aliphatic hydroxyl groups excluding tert-OH is 1. The highest BCUT2D eigenvalue weighted by Crippen LogP contribution is 2.46. The molecule has 11 heteroatoms. The molecule has 1 saturated heterocycles. The van der Waals surface area contributed by atoms with Crippen molar-refractivity contribution in [3.05, 3.63) is 71.3 Å². The number of amides is 1. The number of methoxy groups -OCH3 is 1. The number of carbonyl (C=O) groups is 2. The number of nitrogens with zero attached hydrogens (tertiary/aromatic N) is 2. The van der Waals surface area contributed by atoms with Crippen molar-refractivity contribution in [1.82, 2.24) is 4.98 Å². The van der Waals surface area contributed by atoms with Crippen molar-refractivity contribution in [2.45, 2.75) is 19.9 Å². The Kier molecular flexibility index (Phi) is 7.34. The van der Waals surface area contributed by atoms with Crippen LogP contribution < -0.4 is 28.6 Å². The average Bonchev–Trinajstić information content (AvgIpc) is 3.54. The number of hydrogen-bond acceptors (Lipinski definition) is 10. The largest absolute Gasteiger partial charge is 0.507 e. The van der Waals surface area contributed by atoms with Crippen molar-refractivity contribution in [2.75, 3.05) is 38.4 Å². The molecule has 0 aliphatic carbocycles. The maximum atomic E-state index is 13.7. The van der Waals surface area contributed by atoms with Crippen LogP contribution in [0.5, 0.6) is 28.7 Å². The SMILES string of the molecule is CCOc1ccc([C@H]2/C(=C(\O)c3ccc4c(c3)OCCO4)C(=O)C(=O)N2c2nc3ccc(OC)cc3s2)cc1OCC. The minimum absolute atomic E-state index is 0.0832. The quantitative estimate of drug-likeness (QED) is 0.162. The van der Waals surface area contributed by atoms with Crippen LogP contribution in [0.25, 0.3) is 16.0 Å². The third-order valence-electron chi connectivity index (χ3n) is 6.93. The molecule has 2 aliphatic rings. The van der Waals surface area contributed by atoms with Crippen molar-refractivity contribution in [1.29, 1.82) is 0 Å². The molecule has 0 saturated carbocycles. The number of aromatic nitrogens is 1. The zero-order valence-corrected chi connectivity index (χ0v) is 24.0. The zero-order chi connectivity index (χ0) is 29.4. The van der Waals surface area contributed by atoms with Gasteiger partial charge in [-0.3, -0.25) is 14.5 Å². The lowest BCUT2D eigenvalue weighted by Gasteiger charge is -2.24. The van der Waals surface area contributed by atoms with Crippen LogP contribution in [-0.4, -0.2) is 55.3 Å². The Morgan fingerprint density at radius 1 is 0.976 bits per heavy atom. The van der Waals surface area contributed by atoms with Gasteiger partial charge in [-0.1, -0.05) is 17.4 Å². The minimum atomic E-state index is -1.00. The summed E-state index contributed by atoms with van der Waals surface area (Å²) in [6.07, 6.45) is 0. The molecule has 216 valence electrons. The smallest absolute Gasteiger partial charge is 0.301 e. The van der Waals surface area contributed by atoms with E-state index in [0.29, 0.717) is 77.0 Å². The van der Waals surface area contributed by atoms with Gasteiger partial charge in [-0.2, -0.15) is 0 Å². The van der Waals surface area contributed by atoms with E-state index in [2.05, 4.69) is 4.98 Å². The first kappa shape index (κ1) is 27.4. The second kappa shape index (κ2) is 11.2. The van der Waals surface area contributed by atoms with Crippen LogP contribution in [0.3, 0.4) is 0 Å². The number of rotatable bonds is 8. The molecule has 1 N–H and O–H groups in total. The zero-order valence-electron chi connectivity index (χ0n) is 23.2. The molecular weight excluding hydrogens is 560 g/mol. The lowest BCUT2D eigenvalue weighted by atomic mass is 9.95. The molecule has 0 spiro atoms. The Hall–Kier alpha value is -4.77. The summed E-state index contributed by atoms with van der Waals surface area (Å²) in [6, 6.07) is 14.5. The highest BCUT2D eigenvalue weighted by atomic mass is 32.1. The standard InChI is InChI=1S/C31H28N2O8S/c1-4-38-21-10-6-17(14-23(21)39-5-2)27-26(28(34)18-7-11-22-24(15-18)41-13-12-40-22)29(35)30(36)33(27)31-32-20-9-8-19(37-3)16-25(20)42-31/h6-11,14-16,27,34H,4-5,12-13H2,1-3H3/b28-26+/t27-/m0/s1. The van der Waals surface area contributed by atoms with E-state index in [-0.39, 0.29) is 11.3 Å². The third-order valence-corrected chi connectivity index (χ3v) is 7.95. The van der Waals surface area contributed by atoms with Crippen LogP contribution in [-0.2, 0) is 9.59 Å². The lowest BCUT2D eigenvalue weighted by molar-refractivity contribution is -0.132. The van der Waals surface area contributed by atoms with E-state index in [9.17, 15) is 14.7 Å². The monoisotopic (exact) mass is 588 g/mol. The summed E-state index contributed by atoms with van der Waals surface area (Å²) >= 11 is 1.25. The van der Waals surface area contributed by atoms with Crippen LogP contribution in [0.2, 0.25) is 0 Å². The number of benzene rings is 3. The second-order valence-electron chi connectivity index (χ2n) is 9.43. The predicted molar refractivity (Wildman–Crippen MR) is 157 cm³/mol. The summed E-state index contributed by atoms with van der Waals surface area (Å²) in [7, 11) is 1.57. The third kappa shape index (κ3) is 4.75. The van der Waals surface area contributed by atoms with Gasteiger partial charge < -0.3 is 28.8 Å². The summed E-state index contributed by atoms with van der Waals surface area (Å²) in [5, 5.41) is 11.9. The first-order valence-corrected chi connectivity index (χ1v) is 14.3. The van der Waals surface area contributed by atoms with Gasteiger partial charge in [-0.05, 0) is 67.9 Å². The highest BCUT2D eigenvalue weighted by Gasteiger charge is 2.48. The van der Waals surface area contributed by atoms with E-state index in [1.165, 1.54) is 16.2 Å². The number of carbonyl (C=O) groups excluding carboxylic acids is 2. The molecule has 6 rings (SSSR count). The van der Waals surface area contributed by atoms with E-state index in [4.69, 9.17) is 23.7 Å². The summed E-state index contributed by atoms with van der Waals surface area (Å²) in [6.45, 7) is 5.30. The number of aliphatic hydroxyl groups is 1. The fourth-order valence-corrected chi connectivity index (χ4v) is 6.07. The van der Waals surface area contributed by atoms with E-state index in [1.54, 1.807) is 55.6 Å². The van der Waals surface area contributed by atoms with Gasteiger partial charge in [0.25, 0.3) is 5.78 Å². The molecule has 0 unspecified atom stereocenters. The first-order valence-electron chi connectivity index (χ1n) is 13.5. The van der Waals surface area contributed by atoms with Gasteiger partial charge in [0.05, 0.1) is 42.2 Å². The molecule has 3 heterocycles. The van der Waals surface area contributed by atoms with Crippen molar-refractivity contribution >= 4 is 44.1 Å². The fraction of sp³-hybridized carbons (Fsp3) is 0.258. The van der Waals surface area contributed by atoms with Crippen molar-refractivity contribution < 1.29 is 38.4 Å². The lowest BCUT2D eigenvalue weighted by Crippen LogP contribution is -2.29. The number of hydrogen-bond donors (Lipinski definition) is 1. The van der Waals surface area contributed by atoms with E-state index in [0.717, 1.165) is 4.70 Å². The van der Waals surface area contributed by atoms with E-state index < -0.39 is 17.7 Å². The Bertz CT molecular complexity index is 1730. The molecule has 0 radical (unpaired) electrons. The number of Topliss-reactive ketones (excluding diaryl/α,β-unsaturated/α-hetero) is 1. The Morgan fingerprint density at radius 2 is 1.74 bits per heavy atom. The molecule has 2 aliphatic heterocycles. The molecule has 3 aromatic carbocycles. The molecular formula is C31H28N2O8S. The fourth-order valence-electron chi connectivity index (χ4n) is 5.05. The van der Waals surface area contributed by atoms with Crippen LogP contribution in [0.4, 0.5) is 5.13 Å². The van der Waals surface area contributed by atoms with Gasteiger partial charge in [0.2, 0.25) is 0 Å². The van der Waals surface area contributed by atoms with Gasteiger partial charge in [-0.25, -0.2) is 4.98 Å². The van der Waals surface area contributed by atoms with Crippen LogP contribution in [0.1, 0.15) is 31.0 Å². The topological polar surface area (TPSA) is 117 Å². The molecule has 1 fully saturated rings. The molecule has 1 aromatic heterocycles. The normalized spacial score (nSPS) is 17.5. The second-order valence-corrected chi connectivity index (χ2v) is 10.4. The van der Waals surface area contributed by atoms with Gasteiger partial charge in [-0.15, -0.1) is 0 Å². The number of thiazole rings is 1. The average molecular weight is 589 g/mol. The Labute approximate surface area is 245 Å². The molecule has 1 amide bonds. The van der Waals surface area contributed by atoms with E-state index >= 15 is 0 Å². The summed E-state index contributed by atoms with van der Waals surface area (Å²) in [4.78, 5) is 33.4. The maximum absolute atomic E-state index is 13.7. The van der Waals surface area contributed by atoms with Gasteiger partial charge >= 0.3 is 5.91 Å². The number of fused-ring (bicyclic) bond motifs is 2. The number of ketones is 1. The van der Waals surface area contributed by atoms with E-state index in [1.807, 2.05) is 19.9 Å². The van der Waals surface area contributed by atoms with Crippen molar-refractivity contribution in [3.8, 4) is 28.7 Å². The van der Waals surface area contributed by atoms with Crippen molar-refractivity contribution in [2.24, 2.45) is 0 Å². The van der Waals surface area contributed by atoms with Gasteiger partial charge in [0, 0.05) is 5.56 Å². The molecule has 42 heavy (non-hydrogen) atoms. The summed E-state index contributed by atoms with van der Waals surface area (Å²) in [5.41, 5.74) is 1.41. The molecule has 0 bridgehead atoms. The van der Waals surface area contributed by atoms with Gasteiger partial charge in [0.1, 0.15) is 24.7 Å². The summed E-state index contributed by atoms with van der Waals surface area (Å²) in [5.74, 6) is 0.613. The van der Waals surface area contributed by atoms with Crippen LogP contribution in [0.15, 0.2) is 60.2 Å². The van der Waals surface area contributed by atoms with Gasteiger partial charge in [0.15, 0.2) is 28.1 Å². The van der Waals surface area contributed by atoms with Crippen LogP contribution >= 0.6 is 11.3 Å². The number of anilines is 1. The highest BCUT2D eigenvalue weighted by molar-refractivity contribution is 7.22. The van der Waals surface area contributed by atoms with Crippen molar-refractivity contribution in [3.63, 3.8) is 0 Å².